The molecule has 0 aliphatic carbocycles. The minimum atomic E-state index is -2.95. The molecule has 0 saturated heterocycles. The Kier molecular flexibility index (Phi) is 2.95. The number of hydrogen-bond acceptors (Lipinski definition) is 3. The number of nitriles is 1. The van der Waals surface area contributed by atoms with Crippen molar-refractivity contribution in [3.05, 3.63) is 33.2 Å². The van der Waals surface area contributed by atoms with Crippen molar-refractivity contribution in [2.45, 2.75) is 13.3 Å². The highest BCUT2D eigenvalue weighted by atomic mass is 19.3. The van der Waals surface area contributed by atoms with Gasteiger partial charge in [0.2, 0.25) is 0 Å². The van der Waals surface area contributed by atoms with Crippen LogP contribution in [0.25, 0.3) is 0 Å². The van der Waals surface area contributed by atoms with Gasteiger partial charge in [0.15, 0.2) is 5.78 Å². The van der Waals surface area contributed by atoms with E-state index in [9.17, 15) is 18.4 Å². The lowest BCUT2D eigenvalue weighted by atomic mass is 10.1. The Morgan fingerprint density at radius 2 is 2.20 bits per heavy atom. The van der Waals surface area contributed by atoms with Gasteiger partial charge in [-0.25, -0.2) is 8.78 Å². The molecule has 4 nitrogen and oxygen atoms in total. The van der Waals surface area contributed by atoms with E-state index in [0.29, 0.717) is 0 Å². The van der Waals surface area contributed by atoms with E-state index in [1.54, 1.807) is 0 Å². The highest BCUT2D eigenvalue weighted by Crippen LogP contribution is 2.20. The Morgan fingerprint density at radius 3 is 2.60 bits per heavy atom. The summed E-state index contributed by atoms with van der Waals surface area (Å²) in [6.07, 6.45) is -2.95. The number of rotatable bonds is 2. The number of pyridine rings is 1. The predicted octanol–water partition coefficient (Wildman–Crippen LogP) is 1.39. The van der Waals surface area contributed by atoms with Crippen LogP contribution in [0.15, 0.2) is 10.9 Å². The molecule has 0 aromatic carbocycles. The largest absolute Gasteiger partial charge is 0.319 e. The number of halogens is 2. The Balaban J connectivity index is 3.55. The van der Waals surface area contributed by atoms with Crippen LogP contribution in [0.5, 0.6) is 0 Å². The van der Waals surface area contributed by atoms with Gasteiger partial charge in [0.25, 0.3) is 12.0 Å². The van der Waals surface area contributed by atoms with Crippen molar-refractivity contribution in [2.75, 3.05) is 0 Å². The van der Waals surface area contributed by atoms with Gasteiger partial charge >= 0.3 is 0 Å². The van der Waals surface area contributed by atoms with Crippen molar-refractivity contribution in [2.24, 2.45) is 0 Å². The fourth-order valence-corrected chi connectivity index (χ4v) is 1.09. The number of carbonyl (C=O) groups is 1. The van der Waals surface area contributed by atoms with Gasteiger partial charge in [-0.15, -0.1) is 0 Å². The molecule has 0 aliphatic heterocycles. The molecular formula is C9H6F2N2O2. The van der Waals surface area contributed by atoms with Crippen LogP contribution in [-0.2, 0) is 0 Å². The average Bonchev–Trinajstić information content (AvgIpc) is 2.16. The van der Waals surface area contributed by atoms with Crippen molar-refractivity contribution in [3.8, 4) is 6.07 Å². The maximum absolute atomic E-state index is 12.4. The quantitative estimate of drug-likeness (QED) is 0.752. The molecule has 1 heterocycles. The predicted molar refractivity (Wildman–Crippen MR) is 46.7 cm³/mol. The first-order chi connectivity index (χ1) is 6.97. The lowest BCUT2D eigenvalue weighted by Gasteiger charge is -2.05. The van der Waals surface area contributed by atoms with Crippen LogP contribution in [-0.4, -0.2) is 10.8 Å². The van der Waals surface area contributed by atoms with Crippen molar-refractivity contribution in [3.63, 3.8) is 0 Å². The summed E-state index contributed by atoms with van der Waals surface area (Å²) in [7, 11) is 0. The minimum absolute atomic E-state index is 0.332. The fourth-order valence-electron chi connectivity index (χ4n) is 1.09. The molecule has 0 atom stereocenters. The summed E-state index contributed by atoms with van der Waals surface area (Å²) in [5.74, 6) is -0.627. The molecule has 0 bridgehead atoms. The Bertz CT molecular complexity index is 500. The molecule has 0 radical (unpaired) electrons. The van der Waals surface area contributed by atoms with Crippen molar-refractivity contribution in [1.82, 2.24) is 4.98 Å². The second-order valence-electron chi connectivity index (χ2n) is 2.81. The molecule has 1 aromatic rings. The third kappa shape index (κ3) is 2.07. The zero-order valence-electron chi connectivity index (χ0n) is 7.67. The first kappa shape index (κ1) is 11.0. The van der Waals surface area contributed by atoms with Crippen LogP contribution in [0, 0.1) is 11.3 Å². The zero-order chi connectivity index (χ0) is 11.6. The molecule has 0 amide bonds. The van der Waals surface area contributed by atoms with Gasteiger partial charge in [-0.1, -0.05) is 0 Å². The van der Waals surface area contributed by atoms with Crippen LogP contribution in [0.4, 0.5) is 8.78 Å². The van der Waals surface area contributed by atoms with E-state index in [4.69, 9.17) is 5.26 Å². The second-order valence-corrected chi connectivity index (χ2v) is 2.81. The number of carbonyl (C=O) groups excluding carboxylic acids is 1. The van der Waals surface area contributed by atoms with E-state index in [2.05, 4.69) is 0 Å². The molecule has 6 heteroatoms. The van der Waals surface area contributed by atoms with Gasteiger partial charge in [0.05, 0.1) is 5.69 Å². The summed E-state index contributed by atoms with van der Waals surface area (Å²) >= 11 is 0. The van der Waals surface area contributed by atoms with Crippen LogP contribution >= 0.6 is 0 Å². The topological polar surface area (TPSA) is 73.7 Å². The van der Waals surface area contributed by atoms with Gasteiger partial charge in [-0.2, -0.15) is 5.26 Å². The molecule has 78 valence electrons. The molecule has 1 aromatic heterocycles. The van der Waals surface area contributed by atoms with Crippen LogP contribution in [0.2, 0.25) is 0 Å². The third-order valence-electron chi connectivity index (χ3n) is 1.79. The summed E-state index contributed by atoms with van der Waals surface area (Å²) in [4.78, 5) is 23.8. The number of alkyl halides is 2. The zero-order valence-corrected chi connectivity index (χ0v) is 7.67. The first-order valence-electron chi connectivity index (χ1n) is 3.93. The summed E-state index contributed by atoms with van der Waals surface area (Å²) in [5.41, 5.74) is -2.35. The van der Waals surface area contributed by atoms with Crippen molar-refractivity contribution >= 4 is 5.78 Å². The maximum Gasteiger partial charge on any atom is 0.279 e. The molecule has 15 heavy (non-hydrogen) atoms. The number of nitrogens with zero attached hydrogens (tertiary/aromatic N) is 1. The molecule has 0 saturated carbocycles. The lowest BCUT2D eigenvalue weighted by Crippen LogP contribution is -2.17. The average molecular weight is 212 g/mol. The summed E-state index contributed by atoms with van der Waals surface area (Å²) in [6, 6.07) is 2.39. The smallest absolute Gasteiger partial charge is 0.279 e. The van der Waals surface area contributed by atoms with Gasteiger partial charge in [-0.3, -0.25) is 9.59 Å². The van der Waals surface area contributed by atoms with E-state index in [-0.39, 0.29) is 11.1 Å². The molecule has 0 aliphatic rings. The standard InChI is InChI=1S/C9H6F2N2O2/c1-4(14)6-2-5(3-12)9(15)13-7(6)8(10)11/h2,8H,1H3,(H,13,15). The SMILES string of the molecule is CC(=O)c1cc(C#N)c(=O)[nH]c1C(F)F. The second kappa shape index (κ2) is 4.00. The van der Waals surface area contributed by atoms with Crippen molar-refractivity contribution in [1.29, 1.82) is 5.26 Å². The van der Waals surface area contributed by atoms with E-state index >= 15 is 0 Å². The van der Waals surface area contributed by atoms with E-state index in [0.717, 1.165) is 13.0 Å². The number of aromatic amines is 1. The Hall–Kier alpha value is -2.03. The monoisotopic (exact) mass is 212 g/mol. The molecule has 1 rings (SSSR count). The number of aromatic nitrogens is 1. The summed E-state index contributed by atoms with van der Waals surface area (Å²) < 4.78 is 24.8. The molecular weight excluding hydrogens is 206 g/mol. The number of Topliss-reactive ketones (excluding diaryl/α,β-unsaturated/α-hetero) is 1. The number of hydrogen-bond donors (Lipinski definition) is 1. The third-order valence-corrected chi connectivity index (χ3v) is 1.79. The van der Waals surface area contributed by atoms with E-state index in [1.165, 1.54) is 6.07 Å². The van der Waals surface area contributed by atoms with Crippen molar-refractivity contribution < 1.29 is 13.6 Å². The van der Waals surface area contributed by atoms with Gasteiger partial charge in [-0.05, 0) is 13.0 Å². The number of H-pyrrole nitrogens is 1. The van der Waals surface area contributed by atoms with E-state index < -0.39 is 23.5 Å². The van der Waals surface area contributed by atoms with E-state index in [1.807, 2.05) is 4.98 Å². The van der Waals surface area contributed by atoms with Gasteiger partial charge in [0, 0.05) is 5.56 Å². The van der Waals surface area contributed by atoms with Gasteiger partial charge < -0.3 is 4.98 Å². The molecule has 0 fully saturated rings. The van der Waals surface area contributed by atoms with Crippen LogP contribution in [0.1, 0.15) is 35.0 Å². The summed E-state index contributed by atoms with van der Waals surface area (Å²) in [5, 5.41) is 8.49. The fraction of sp³-hybridized carbons (Fsp3) is 0.222. The van der Waals surface area contributed by atoms with Crippen LogP contribution < -0.4 is 5.56 Å². The highest BCUT2D eigenvalue weighted by molar-refractivity contribution is 5.95. The molecule has 0 spiro atoms. The highest BCUT2D eigenvalue weighted by Gasteiger charge is 2.18. The number of ketones is 1. The minimum Gasteiger partial charge on any atom is -0.319 e. The van der Waals surface area contributed by atoms with Crippen LogP contribution in [0.3, 0.4) is 0 Å². The van der Waals surface area contributed by atoms with Gasteiger partial charge in [0.1, 0.15) is 11.6 Å². The Labute approximate surface area is 83.2 Å². The number of nitrogens with one attached hydrogen (secondary N) is 1. The Morgan fingerprint density at radius 1 is 1.60 bits per heavy atom. The first-order valence-corrected chi connectivity index (χ1v) is 3.93. The normalized spacial score (nSPS) is 10.1. The summed E-state index contributed by atoms with van der Waals surface area (Å²) in [6.45, 7) is 1.08. The lowest BCUT2D eigenvalue weighted by molar-refractivity contribution is 0.0995. The molecule has 1 N–H and O–H groups in total. The maximum atomic E-state index is 12.4. The molecule has 0 unspecified atom stereocenters.